The van der Waals surface area contributed by atoms with Gasteiger partial charge in [0.05, 0.1) is 0 Å². The molecular formula is C16H12ClNO3. The van der Waals surface area contributed by atoms with Crippen LogP contribution in [0.15, 0.2) is 54.6 Å². The lowest BCUT2D eigenvalue weighted by Crippen LogP contribution is -2.11. The van der Waals surface area contributed by atoms with Crippen molar-refractivity contribution in [1.82, 2.24) is 0 Å². The van der Waals surface area contributed by atoms with Gasteiger partial charge in [0, 0.05) is 5.56 Å². The van der Waals surface area contributed by atoms with Gasteiger partial charge in [0.15, 0.2) is 0 Å². The Kier molecular flexibility index (Phi) is 5.19. The number of rotatable bonds is 5. The molecule has 0 spiro atoms. The van der Waals surface area contributed by atoms with Crippen molar-refractivity contribution in [2.75, 3.05) is 5.88 Å². The summed E-state index contributed by atoms with van der Waals surface area (Å²) in [6.07, 6.45) is -1.00. The van der Waals surface area contributed by atoms with E-state index in [-0.39, 0.29) is 5.88 Å². The molecule has 0 N–H and O–H groups in total. The van der Waals surface area contributed by atoms with E-state index in [0.717, 1.165) is 0 Å². The van der Waals surface area contributed by atoms with Crippen LogP contribution in [0.4, 0.5) is 0 Å². The maximum absolute atomic E-state index is 11.2. The summed E-state index contributed by atoms with van der Waals surface area (Å²) in [5.41, 5.74) is 0.532. The van der Waals surface area contributed by atoms with E-state index in [0.29, 0.717) is 17.1 Å². The maximum Gasteiger partial charge on any atom is 0.322 e. The predicted octanol–water partition coefficient (Wildman–Crippen LogP) is 3.83. The molecule has 0 fully saturated rings. The standard InChI is InChI=1S/C16H12ClNO3/c17-10-16(19)21-15(11-18)12-5-4-8-14(9-12)20-13-6-2-1-3-7-13/h1-9,15H,10H2/t15-/m0/s1. The lowest BCUT2D eigenvalue weighted by Gasteiger charge is -2.12. The molecule has 21 heavy (non-hydrogen) atoms. The number of nitrogens with zero attached hydrogens (tertiary/aromatic N) is 1. The highest BCUT2D eigenvalue weighted by atomic mass is 35.5. The molecule has 4 nitrogen and oxygen atoms in total. The van der Waals surface area contributed by atoms with E-state index in [4.69, 9.17) is 26.3 Å². The Hall–Kier alpha value is -2.51. The van der Waals surface area contributed by atoms with Crippen LogP contribution in [-0.2, 0) is 9.53 Å². The molecule has 0 heterocycles. The maximum atomic E-state index is 11.2. The fraction of sp³-hybridized carbons (Fsp3) is 0.125. The van der Waals surface area contributed by atoms with Gasteiger partial charge in [-0.05, 0) is 24.3 Å². The molecule has 0 saturated carbocycles. The van der Waals surface area contributed by atoms with Crippen molar-refractivity contribution in [3.8, 4) is 17.6 Å². The van der Waals surface area contributed by atoms with Crippen LogP contribution in [0.25, 0.3) is 0 Å². The predicted molar refractivity (Wildman–Crippen MR) is 78.1 cm³/mol. The number of esters is 1. The molecule has 2 aromatic carbocycles. The normalized spacial score (nSPS) is 11.2. The fourth-order valence-corrected chi connectivity index (χ4v) is 1.76. The Labute approximate surface area is 127 Å². The minimum atomic E-state index is -1.00. The quantitative estimate of drug-likeness (QED) is 0.622. The number of para-hydroxylation sites is 1. The molecule has 0 aliphatic rings. The first kappa shape index (κ1) is 14.9. The zero-order valence-electron chi connectivity index (χ0n) is 11.0. The number of hydrogen-bond donors (Lipinski definition) is 0. The number of hydrogen-bond acceptors (Lipinski definition) is 4. The van der Waals surface area contributed by atoms with Gasteiger partial charge in [0.25, 0.3) is 0 Å². The number of ether oxygens (including phenoxy) is 2. The van der Waals surface area contributed by atoms with E-state index in [2.05, 4.69) is 0 Å². The number of alkyl halides is 1. The van der Waals surface area contributed by atoms with E-state index < -0.39 is 12.1 Å². The highest BCUT2D eigenvalue weighted by Gasteiger charge is 2.16. The summed E-state index contributed by atoms with van der Waals surface area (Å²) in [6.45, 7) is 0. The van der Waals surface area contributed by atoms with Crippen LogP contribution in [0, 0.1) is 11.3 Å². The summed E-state index contributed by atoms with van der Waals surface area (Å²) < 4.78 is 10.6. The third-order valence-electron chi connectivity index (χ3n) is 2.62. The molecule has 5 heteroatoms. The van der Waals surface area contributed by atoms with Gasteiger partial charge in [-0.25, -0.2) is 0 Å². The summed E-state index contributed by atoms with van der Waals surface area (Å²) in [6, 6.07) is 18.0. The monoisotopic (exact) mass is 301 g/mol. The number of benzene rings is 2. The van der Waals surface area contributed by atoms with Crippen molar-refractivity contribution in [3.05, 3.63) is 60.2 Å². The first-order valence-electron chi connectivity index (χ1n) is 6.21. The second kappa shape index (κ2) is 7.32. The third-order valence-corrected chi connectivity index (χ3v) is 2.83. The molecule has 0 bridgehead atoms. The molecule has 2 rings (SSSR count). The molecule has 1 atom stereocenters. The number of carbonyl (C=O) groups is 1. The second-order valence-electron chi connectivity index (χ2n) is 4.12. The average Bonchev–Trinajstić information content (AvgIpc) is 2.53. The van der Waals surface area contributed by atoms with Crippen molar-refractivity contribution in [1.29, 1.82) is 5.26 Å². The highest BCUT2D eigenvalue weighted by molar-refractivity contribution is 6.26. The van der Waals surface area contributed by atoms with Gasteiger partial charge in [-0.1, -0.05) is 30.3 Å². The minimum absolute atomic E-state index is 0.293. The largest absolute Gasteiger partial charge is 0.457 e. The summed E-state index contributed by atoms with van der Waals surface area (Å²) in [4.78, 5) is 11.2. The number of nitriles is 1. The second-order valence-corrected chi connectivity index (χ2v) is 4.39. The van der Waals surface area contributed by atoms with Crippen molar-refractivity contribution < 1.29 is 14.3 Å². The zero-order chi connectivity index (χ0) is 15.1. The van der Waals surface area contributed by atoms with Crippen LogP contribution >= 0.6 is 11.6 Å². The molecule has 0 unspecified atom stereocenters. The van der Waals surface area contributed by atoms with Crippen molar-refractivity contribution in [3.63, 3.8) is 0 Å². The van der Waals surface area contributed by atoms with Crippen LogP contribution in [0.3, 0.4) is 0 Å². The van der Waals surface area contributed by atoms with Gasteiger partial charge < -0.3 is 9.47 Å². The molecule has 0 aliphatic carbocycles. The minimum Gasteiger partial charge on any atom is -0.457 e. The first-order chi connectivity index (χ1) is 10.2. The van der Waals surface area contributed by atoms with E-state index in [1.165, 1.54) is 0 Å². The molecule has 0 amide bonds. The molecular weight excluding hydrogens is 290 g/mol. The smallest absolute Gasteiger partial charge is 0.322 e. The Morgan fingerprint density at radius 2 is 1.86 bits per heavy atom. The topological polar surface area (TPSA) is 59.3 Å². The molecule has 0 aromatic heterocycles. The SMILES string of the molecule is N#C[C@H](OC(=O)CCl)c1cccc(Oc2ccccc2)c1. The Morgan fingerprint density at radius 1 is 1.14 bits per heavy atom. The molecule has 106 valence electrons. The number of carbonyl (C=O) groups excluding carboxylic acids is 1. The number of halogens is 1. The molecule has 2 aromatic rings. The van der Waals surface area contributed by atoms with Crippen LogP contribution in [0.1, 0.15) is 11.7 Å². The van der Waals surface area contributed by atoms with Gasteiger partial charge in [-0.3, -0.25) is 4.79 Å². The lowest BCUT2D eigenvalue weighted by molar-refractivity contribution is -0.143. The molecule has 0 saturated heterocycles. The van der Waals surface area contributed by atoms with E-state index in [9.17, 15) is 4.79 Å². The lowest BCUT2D eigenvalue weighted by atomic mass is 10.1. The van der Waals surface area contributed by atoms with Crippen molar-refractivity contribution in [2.45, 2.75) is 6.10 Å². The van der Waals surface area contributed by atoms with Crippen LogP contribution in [0.5, 0.6) is 11.5 Å². The average molecular weight is 302 g/mol. The Balaban J connectivity index is 2.17. The van der Waals surface area contributed by atoms with E-state index in [1.807, 2.05) is 36.4 Å². The van der Waals surface area contributed by atoms with Crippen LogP contribution < -0.4 is 4.74 Å². The van der Waals surface area contributed by atoms with Crippen molar-refractivity contribution in [2.24, 2.45) is 0 Å². The molecule has 0 aliphatic heterocycles. The van der Waals surface area contributed by atoms with Crippen LogP contribution in [0.2, 0.25) is 0 Å². The zero-order valence-corrected chi connectivity index (χ0v) is 11.8. The van der Waals surface area contributed by atoms with E-state index >= 15 is 0 Å². The van der Waals surface area contributed by atoms with Gasteiger partial charge in [0.2, 0.25) is 6.10 Å². The Bertz CT molecular complexity index is 652. The highest BCUT2D eigenvalue weighted by Crippen LogP contribution is 2.25. The molecule has 0 radical (unpaired) electrons. The van der Waals surface area contributed by atoms with Gasteiger partial charge in [0.1, 0.15) is 23.4 Å². The summed E-state index contributed by atoms with van der Waals surface area (Å²) >= 11 is 5.37. The van der Waals surface area contributed by atoms with Crippen LogP contribution in [-0.4, -0.2) is 11.8 Å². The third kappa shape index (κ3) is 4.23. The summed E-state index contributed by atoms with van der Waals surface area (Å²) in [5, 5.41) is 9.09. The van der Waals surface area contributed by atoms with Gasteiger partial charge >= 0.3 is 5.97 Å². The summed E-state index contributed by atoms with van der Waals surface area (Å²) in [5.74, 6) is 0.303. The Morgan fingerprint density at radius 3 is 2.52 bits per heavy atom. The fourth-order valence-electron chi connectivity index (χ4n) is 1.70. The van der Waals surface area contributed by atoms with Crippen molar-refractivity contribution >= 4 is 17.6 Å². The first-order valence-corrected chi connectivity index (χ1v) is 6.74. The summed E-state index contributed by atoms with van der Waals surface area (Å²) in [7, 11) is 0. The van der Waals surface area contributed by atoms with E-state index in [1.54, 1.807) is 24.3 Å². The van der Waals surface area contributed by atoms with Gasteiger partial charge in [-0.15, -0.1) is 11.6 Å². The van der Waals surface area contributed by atoms with Gasteiger partial charge in [-0.2, -0.15) is 5.26 Å².